The average molecular weight is 376 g/mol. The summed E-state index contributed by atoms with van der Waals surface area (Å²) in [5, 5.41) is 6.66. The summed E-state index contributed by atoms with van der Waals surface area (Å²) in [5.74, 6) is -0.165. The SMILES string of the molecule is COCCN1C(=O)C2CCC(C(=O)NCc3cccnc3)CC2NC1=S. The predicted molar refractivity (Wildman–Crippen MR) is 100 cm³/mol. The highest BCUT2D eigenvalue weighted by Crippen LogP contribution is 2.33. The number of carbonyl (C=O) groups excluding carboxylic acids is 2. The molecule has 2 aliphatic rings. The molecule has 0 radical (unpaired) electrons. The Morgan fingerprint density at radius 3 is 3.08 bits per heavy atom. The number of thiocarbonyl (C=S) groups is 1. The maximum atomic E-state index is 12.7. The van der Waals surface area contributed by atoms with Crippen LogP contribution in [0.4, 0.5) is 0 Å². The normalized spacial score (nSPS) is 25.4. The molecule has 140 valence electrons. The van der Waals surface area contributed by atoms with Gasteiger partial charge in [-0.05, 0) is 43.1 Å². The minimum absolute atomic E-state index is 0.0225. The molecule has 1 aliphatic heterocycles. The van der Waals surface area contributed by atoms with Crippen LogP contribution in [0, 0.1) is 11.8 Å². The molecule has 1 aromatic rings. The second kappa shape index (κ2) is 8.55. The molecule has 3 atom stereocenters. The molecule has 0 bridgehead atoms. The first-order valence-corrected chi connectivity index (χ1v) is 9.28. The summed E-state index contributed by atoms with van der Waals surface area (Å²) >= 11 is 5.34. The zero-order valence-electron chi connectivity index (χ0n) is 14.8. The molecule has 0 aromatic carbocycles. The van der Waals surface area contributed by atoms with Gasteiger partial charge in [0.25, 0.3) is 0 Å². The fourth-order valence-electron chi connectivity index (χ4n) is 3.63. The highest BCUT2D eigenvalue weighted by atomic mass is 32.1. The van der Waals surface area contributed by atoms with Crippen LogP contribution in [-0.2, 0) is 20.9 Å². The number of pyridine rings is 1. The number of rotatable bonds is 6. The van der Waals surface area contributed by atoms with Crippen molar-refractivity contribution in [1.82, 2.24) is 20.5 Å². The van der Waals surface area contributed by atoms with Gasteiger partial charge in [-0.25, -0.2) is 0 Å². The van der Waals surface area contributed by atoms with E-state index in [1.54, 1.807) is 24.4 Å². The first-order chi connectivity index (χ1) is 12.6. The van der Waals surface area contributed by atoms with Crippen molar-refractivity contribution in [2.45, 2.75) is 31.8 Å². The largest absolute Gasteiger partial charge is 0.383 e. The lowest BCUT2D eigenvalue weighted by atomic mass is 9.76. The second-order valence-electron chi connectivity index (χ2n) is 6.73. The molecule has 8 heteroatoms. The number of nitrogens with one attached hydrogen (secondary N) is 2. The Morgan fingerprint density at radius 2 is 2.35 bits per heavy atom. The smallest absolute Gasteiger partial charge is 0.233 e. The molecule has 2 amide bonds. The summed E-state index contributed by atoms with van der Waals surface area (Å²) in [6.45, 7) is 1.37. The van der Waals surface area contributed by atoms with E-state index in [0.29, 0.717) is 44.1 Å². The molecule has 2 fully saturated rings. The number of carbonyl (C=O) groups is 2. The van der Waals surface area contributed by atoms with Crippen LogP contribution >= 0.6 is 12.2 Å². The van der Waals surface area contributed by atoms with Gasteiger partial charge in [0.2, 0.25) is 11.8 Å². The Kier molecular flexibility index (Phi) is 6.16. The number of fused-ring (bicyclic) bond motifs is 1. The average Bonchev–Trinajstić information content (AvgIpc) is 2.66. The van der Waals surface area contributed by atoms with Crippen molar-refractivity contribution < 1.29 is 14.3 Å². The van der Waals surface area contributed by atoms with Crippen LogP contribution in [0.1, 0.15) is 24.8 Å². The Morgan fingerprint density at radius 1 is 1.50 bits per heavy atom. The summed E-state index contributed by atoms with van der Waals surface area (Å²) in [6.07, 6.45) is 5.46. The number of methoxy groups -OCH3 is 1. The number of aromatic nitrogens is 1. The number of amides is 2. The van der Waals surface area contributed by atoms with E-state index in [2.05, 4.69) is 15.6 Å². The Hall–Kier alpha value is -2.06. The molecule has 1 aliphatic carbocycles. The van der Waals surface area contributed by atoms with E-state index in [1.807, 2.05) is 12.1 Å². The van der Waals surface area contributed by atoms with E-state index in [-0.39, 0.29) is 29.7 Å². The molecule has 3 rings (SSSR count). The van der Waals surface area contributed by atoms with E-state index >= 15 is 0 Å². The molecule has 1 saturated heterocycles. The first-order valence-electron chi connectivity index (χ1n) is 8.87. The molecule has 1 aromatic heterocycles. The number of ether oxygens (including phenoxy) is 1. The lowest BCUT2D eigenvalue weighted by Crippen LogP contribution is -2.62. The van der Waals surface area contributed by atoms with Crippen molar-refractivity contribution in [3.05, 3.63) is 30.1 Å². The minimum atomic E-state index is -0.124. The van der Waals surface area contributed by atoms with Gasteiger partial charge in [-0.2, -0.15) is 0 Å². The minimum Gasteiger partial charge on any atom is -0.383 e. The van der Waals surface area contributed by atoms with Crippen molar-refractivity contribution in [3.63, 3.8) is 0 Å². The van der Waals surface area contributed by atoms with Crippen molar-refractivity contribution >= 4 is 29.1 Å². The van der Waals surface area contributed by atoms with Gasteiger partial charge < -0.3 is 15.4 Å². The van der Waals surface area contributed by atoms with Crippen LogP contribution in [0.25, 0.3) is 0 Å². The number of hydrogen-bond donors (Lipinski definition) is 2. The van der Waals surface area contributed by atoms with Gasteiger partial charge in [0, 0.05) is 38.0 Å². The van der Waals surface area contributed by atoms with Crippen molar-refractivity contribution in [1.29, 1.82) is 0 Å². The third-order valence-electron chi connectivity index (χ3n) is 5.07. The summed E-state index contributed by atoms with van der Waals surface area (Å²) in [5.41, 5.74) is 0.968. The maximum absolute atomic E-state index is 12.7. The fraction of sp³-hybridized carbons (Fsp3) is 0.556. The van der Waals surface area contributed by atoms with Crippen molar-refractivity contribution in [2.75, 3.05) is 20.3 Å². The van der Waals surface area contributed by atoms with Crippen molar-refractivity contribution in [2.24, 2.45) is 11.8 Å². The van der Waals surface area contributed by atoms with E-state index in [1.165, 1.54) is 0 Å². The summed E-state index contributed by atoms with van der Waals surface area (Å²) in [6, 6.07) is 3.70. The number of nitrogens with zero attached hydrogens (tertiary/aromatic N) is 2. The quantitative estimate of drug-likeness (QED) is 0.716. The fourth-order valence-corrected chi connectivity index (χ4v) is 3.96. The van der Waals surface area contributed by atoms with E-state index in [9.17, 15) is 9.59 Å². The molecule has 1 saturated carbocycles. The van der Waals surface area contributed by atoms with Gasteiger partial charge in [0.05, 0.1) is 19.1 Å². The van der Waals surface area contributed by atoms with Gasteiger partial charge in [-0.1, -0.05) is 6.07 Å². The summed E-state index contributed by atoms with van der Waals surface area (Å²) in [7, 11) is 1.60. The topological polar surface area (TPSA) is 83.6 Å². The molecular formula is C18H24N4O3S. The van der Waals surface area contributed by atoms with E-state index < -0.39 is 0 Å². The third kappa shape index (κ3) is 4.19. The highest BCUT2D eigenvalue weighted by molar-refractivity contribution is 7.80. The standard InChI is InChI=1S/C18H24N4O3S/c1-25-8-7-22-17(24)14-5-4-13(9-15(14)21-18(22)26)16(23)20-11-12-3-2-6-19-10-12/h2-3,6,10,13-15H,4-5,7-9,11H2,1H3,(H,20,23)(H,21,26). The molecule has 7 nitrogen and oxygen atoms in total. The molecule has 3 unspecified atom stereocenters. The van der Waals surface area contributed by atoms with Gasteiger partial charge in [0.1, 0.15) is 0 Å². The molecule has 2 heterocycles. The predicted octanol–water partition coefficient (Wildman–Crippen LogP) is 0.846. The lowest BCUT2D eigenvalue weighted by Gasteiger charge is -2.43. The second-order valence-corrected chi connectivity index (χ2v) is 7.12. The van der Waals surface area contributed by atoms with Gasteiger partial charge >= 0.3 is 0 Å². The van der Waals surface area contributed by atoms with Gasteiger partial charge in [-0.3, -0.25) is 19.5 Å². The Balaban J connectivity index is 1.55. The van der Waals surface area contributed by atoms with Crippen LogP contribution in [-0.4, -0.2) is 53.1 Å². The maximum Gasteiger partial charge on any atom is 0.233 e. The van der Waals surface area contributed by atoms with Crippen LogP contribution < -0.4 is 10.6 Å². The Labute approximate surface area is 158 Å². The summed E-state index contributed by atoms with van der Waals surface area (Å²) in [4.78, 5) is 30.8. The van der Waals surface area contributed by atoms with Crippen LogP contribution in [0.15, 0.2) is 24.5 Å². The molecule has 2 N–H and O–H groups in total. The zero-order chi connectivity index (χ0) is 18.5. The van der Waals surface area contributed by atoms with Gasteiger partial charge in [-0.15, -0.1) is 0 Å². The molecular weight excluding hydrogens is 352 g/mol. The zero-order valence-corrected chi connectivity index (χ0v) is 15.6. The van der Waals surface area contributed by atoms with Crippen LogP contribution in [0.5, 0.6) is 0 Å². The van der Waals surface area contributed by atoms with Crippen LogP contribution in [0.3, 0.4) is 0 Å². The van der Waals surface area contributed by atoms with E-state index in [4.69, 9.17) is 17.0 Å². The highest BCUT2D eigenvalue weighted by Gasteiger charge is 2.43. The van der Waals surface area contributed by atoms with Gasteiger partial charge in [0.15, 0.2) is 5.11 Å². The Bertz CT molecular complexity index is 670. The third-order valence-corrected chi connectivity index (χ3v) is 5.41. The number of hydrogen-bond acceptors (Lipinski definition) is 5. The summed E-state index contributed by atoms with van der Waals surface area (Å²) < 4.78 is 5.05. The van der Waals surface area contributed by atoms with E-state index in [0.717, 1.165) is 5.56 Å². The van der Waals surface area contributed by atoms with Crippen LogP contribution in [0.2, 0.25) is 0 Å². The lowest BCUT2D eigenvalue weighted by molar-refractivity contribution is -0.138. The monoisotopic (exact) mass is 376 g/mol. The molecule has 26 heavy (non-hydrogen) atoms. The van der Waals surface area contributed by atoms with Crippen molar-refractivity contribution in [3.8, 4) is 0 Å². The first kappa shape index (κ1) is 18.7. The molecule has 0 spiro atoms.